The molecule has 48 heavy (non-hydrogen) atoms. The zero-order valence-corrected chi connectivity index (χ0v) is 27.5. The lowest BCUT2D eigenvalue weighted by Gasteiger charge is -2.37. The summed E-state index contributed by atoms with van der Waals surface area (Å²) < 4.78 is 45.6. The number of carbonyl (C=O) groups excluding carboxylic acids is 2. The van der Waals surface area contributed by atoms with E-state index < -0.39 is 24.5 Å². The van der Waals surface area contributed by atoms with Gasteiger partial charge in [-0.1, -0.05) is 73.6 Å². The van der Waals surface area contributed by atoms with Crippen LogP contribution in [0.4, 0.5) is 18.9 Å². The number of para-hydroxylation sites is 2. The quantitative estimate of drug-likeness (QED) is 0.177. The van der Waals surface area contributed by atoms with Gasteiger partial charge in [0.1, 0.15) is 18.0 Å². The lowest BCUT2D eigenvalue weighted by atomic mass is 9.84. The van der Waals surface area contributed by atoms with Gasteiger partial charge in [-0.2, -0.15) is 13.2 Å². The molecule has 1 unspecified atom stereocenters. The Hall–Kier alpha value is -4.44. The second-order valence-corrected chi connectivity index (χ2v) is 13.2. The number of alkyl halides is 3. The molecule has 250 valence electrons. The van der Waals surface area contributed by atoms with Crippen molar-refractivity contribution in [1.82, 2.24) is 10.6 Å². The van der Waals surface area contributed by atoms with Crippen LogP contribution in [0, 0.1) is 0 Å². The minimum Gasteiger partial charge on any atom is -0.457 e. The van der Waals surface area contributed by atoms with Crippen LogP contribution in [0.15, 0.2) is 101 Å². The van der Waals surface area contributed by atoms with Crippen molar-refractivity contribution >= 4 is 29.3 Å². The van der Waals surface area contributed by atoms with Crippen LogP contribution in [0.5, 0.6) is 11.5 Å². The van der Waals surface area contributed by atoms with Crippen LogP contribution >= 0.6 is 11.8 Å². The molecule has 0 bridgehead atoms. The summed E-state index contributed by atoms with van der Waals surface area (Å²) in [6.07, 6.45) is -0.568. The molecule has 0 aliphatic carbocycles. The average Bonchev–Trinajstić information content (AvgIpc) is 3.09. The van der Waals surface area contributed by atoms with Crippen LogP contribution in [0.25, 0.3) is 0 Å². The predicted molar refractivity (Wildman–Crippen MR) is 182 cm³/mol. The maximum absolute atomic E-state index is 13.6. The van der Waals surface area contributed by atoms with E-state index in [0.29, 0.717) is 49.4 Å². The number of nitrogens with one attached hydrogen (secondary N) is 2. The fourth-order valence-electron chi connectivity index (χ4n) is 6.48. The molecule has 0 spiro atoms. The molecule has 6 rings (SSSR count). The maximum Gasteiger partial charge on any atom is 0.405 e. The smallest absolute Gasteiger partial charge is 0.405 e. The molecule has 6 nitrogen and oxygen atoms in total. The highest BCUT2D eigenvalue weighted by Crippen LogP contribution is 2.49. The van der Waals surface area contributed by atoms with Crippen molar-refractivity contribution < 1.29 is 27.5 Å². The van der Waals surface area contributed by atoms with Crippen molar-refractivity contribution in [3.8, 4) is 11.5 Å². The van der Waals surface area contributed by atoms with Crippen LogP contribution in [-0.2, 0) is 11.2 Å². The molecule has 10 heteroatoms. The van der Waals surface area contributed by atoms with E-state index in [9.17, 15) is 22.8 Å². The molecular weight excluding hydrogens is 635 g/mol. The molecule has 4 aromatic rings. The number of unbranched alkanes of at least 4 members (excludes halogenated alkanes) is 1. The van der Waals surface area contributed by atoms with E-state index in [2.05, 4.69) is 28.5 Å². The molecule has 2 aliphatic heterocycles. The third-order valence-electron chi connectivity index (χ3n) is 8.81. The maximum atomic E-state index is 13.6. The van der Waals surface area contributed by atoms with Crippen LogP contribution in [-0.4, -0.2) is 43.7 Å². The first-order valence-corrected chi connectivity index (χ1v) is 17.2. The number of piperidine rings is 1. The van der Waals surface area contributed by atoms with Gasteiger partial charge in [-0.05, 0) is 84.8 Å². The first-order valence-electron chi connectivity index (χ1n) is 16.4. The largest absolute Gasteiger partial charge is 0.457 e. The Balaban J connectivity index is 1.22. The first-order chi connectivity index (χ1) is 23.2. The van der Waals surface area contributed by atoms with Crippen molar-refractivity contribution in [2.45, 2.75) is 67.0 Å². The monoisotopic (exact) mass is 673 g/mol. The van der Waals surface area contributed by atoms with Crippen molar-refractivity contribution in [1.29, 1.82) is 0 Å². The van der Waals surface area contributed by atoms with Crippen LogP contribution in [0.1, 0.15) is 65.6 Å². The number of rotatable bonds is 10. The second-order valence-electron chi connectivity index (χ2n) is 12.1. The van der Waals surface area contributed by atoms with Crippen molar-refractivity contribution in [2.24, 2.45) is 0 Å². The summed E-state index contributed by atoms with van der Waals surface area (Å²) in [7, 11) is 0. The molecule has 0 saturated carbocycles. The fourth-order valence-corrected chi connectivity index (χ4v) is 7.66. The second kappa shape index (κ2) is 14.8. The number of amides is 2. The SMILES string of the molecule is CCCCc1c(N2CCC(NC(=O)c3ccccc3Oc3ccccc3)CC2)ccc2c1C(C(=O)NCC(F)(F)F)c1ccccc1S2. The summed E-state index contributed by atoms with van der Waals surface area (Å²) in [5, 5.41) is 5.37. The summed E-state index contributed by atoms with van der Waals surface area (Å²) >= 11 is 1.56. The Bertz CT molecular complexity index is 1760. The van der Waals surface area contributed by atoms with Gasteiger partial charge in [-0.15, -0.1) is 0 Å². The zero-order valence-electron chi connectivity index (χ0n) is 26.7. The topological polar surface area (TPSA) is 70.7 Å². The molecule has 2 heterocycles. The number of halogens is 3. The number of hydrogen-bond acceptors (Lipinski definition) is 5. The van der Waals surface area contributed by atoms with Crippen molar-refractivity contribution in [3.63, 3.8) is 0 Å². The van der Waals surface area contributed by atoms with Gasteiger partial charge >= 0.3 is 6.18 Å². The molecule has 1 fully saturated rings. The van der Waals surface area contributed by atoms with E-state index in [4.69, 9.17) is 4.74 Å². The number of anilines is 1. The lowest BCUT2D eigenvalue weighted by Crippen LogP contribution is -2.45. The van der Waals surface area contributed by atoms with E-state index in [1.807, 2.05) is 72.8 Å². The van der Waals surface area contributed by atoms with Crippen molar-refractivity contribution in [2.75, 3.05) is 24.5 Å². The molecule has 1 saturated heterocycles. The number of fused-ring (bicyclic) bond motifs is 2. The van der Waals surface area contributed by atoms with Gasteiger partial charge < -0.3 is 20.3 Å². The van der Waals surface area contributed by atoms with Gasteiger partial charge in [0.05, 0.1) is 11.5 Å². The highest BCUT2D eigenvalue weighted by Gasteiger charge is 2.37. The highest BCUT2D eigenvalue weighted by molar-refractivity contribution is 7.99. The van der Waals surface area contributed by atoms with Gasteiger partial charge in [0.2, 0.25) is 5.91 Å². The summed E-state index contributed by atoms with van der Waals surface area (Å²) in [6, 6.07) is 28.1. The van der Waals surface area contributed by atoms with Crippen LogP contribution in [0.2, 0.25) is 0 Å². The normalized spacial score (nSPS) is 16.1. The predicted octanol–water partition coefficient (Wildman–Crippen LogP) is 8.50. The molecule has 0 radical (unpaired) electrons. The Morgan fingerprint density at radius 1 is 0.896 bits per heavy atom. The Kier molecular flexibility index (Phi) is 10.3. The highest BCUT2D eigenvalue weighted by atomic mass is 32.2. The summed E-state index contributed by atoms with van der Waals surface area (Å²) in [6.45, 7) is 2.09. The number of hydrogen-bond donors (Lipinski definition) is 2. The lowest BCUT2D eigenvalue weighted by molar-refractivity contribution is -0.138. The fraction of sp³-hybridized carbons (Fsp3) is 0.316. The van der Waals surface area contributed by atoms with E-state index in [0.717, 1.165) is 45.0 Å². The molecule has 2 N–H and O–H groups in total. The third kappa shape index (κ3) is 7.65. The summed E-state index contributed by atoms with van der Waals surface area (Å²) in [5.74, 6) is -0.546. The van der Waals surface area contributed by atoms with Crippen LogP contribution < -0.4 is 20.3 Å². The molecule has 1 atom stereocenters. The van der Waals surface area contributed by atoms with Crippen LogP contribution in [0.3, 0.4) is 0 Å². The number of carbonyl (C=O) groups is 2. The molecule has 4 aromatic carbocycles. The van der Waals surface area contributed by atoms with E-state index in [-0.39, 0.29) is 11.9 Å². The zero-order chi connectivity index (χ0) is 33.7. The first kappa shape index (κ1) is 33.5. The third-order valence-corrected chi connectivity index (χ3v) is 9.98. The van der Waals surface area contributed by atoms with E-state index in [1.165, 1.54) is 0 Å². The van der Waals surface area contributed by atoms with Crippen molar-refractivity contribution in [3.05, 3.63) is 113 Å². The van der Waals surface area contributed by atoms with Gasteiger partial charge in [0.15, 0.2) is 0 Å². The minimum absolute atomic E-state index is 0.0430. The number of nitrogens with zero attached hydrogens (tertiary/aromatic N) is 1. The Morgan fingerprint density at radius 2 is 1.60 bits per heavy atom. The number of ether oxygens (including phenoxy) is 1. The molecule has 2 amide bonds. The molecule has 2 aliphatic rings. The standard InChI is InChI=1S/C38H38F3N3O3S/c1-2-3-13-27-30(18-19-33-34(27)35(37(46)42-24-38(39,40)41)29-15-8-10-17-32(29)48-33)44-22-20-25(21-23-44)43-36(45)28-14-7-9-16-31(28)47-26-11-5-4-6-12-26/h4-12,14-19,25,35H,2-3,13,20-24H2,1H3,(H,42,46)(H,43,45). The van der Waals surface area contributed by atoms with E-state index >= 15 is 0 Å². The van der Waals surface area contributed by atoms with Gasteiger partial charge in [0, 0.05) is 34.6 Å². The molecular formula is C38H38F3N3O3S. The Labute approximate surface area is 283 Å². The van der Waals surface area contributed by atoms with Gasteiger partial charge in [0.25, 0.3) is 5.91 Å². The van der Waals surface area contributed by atoms with E-state index in [1.54, 1.807) is 23.9 Å². The molecule has 0 aromatic heterocycles. The van der Waals surface area contributed by atoms with Gasteiger partial charge in [-0.3, -0.25) is 9.59 Å². The minimum atomic E-state index is -4.51. The summed E-state index contributed by atoms with van der Waals surface area (Å²) in [5.41, 5.74) is 4.01. The van der Waals surface area contributed by atoms with Gasteiger partial charge in [-0.25, -0.2) is 0 Å². The summed E-state index contributed by atoms with van der Waals surface area (Å²) in [4.78, 5) is 31.1. The Morgan fingerprint density at radius 3 is 2.35 bits per heavy atom. The number of benzene rings is 4. The average molecular weight is 674 g/mol.